The zero-order valence-electron chi connectivity index (χ0n) is 16.7. The lowest BCUT2D eigenvalue weighted by Gasteiger charge is -2.38. The summed E-state index contributed by atoms with van der Waals surface area (Å²) in [6.45, 7) is 17.8. The Hall–Kier alpha value is -0.553. The summed E-state index contributed by atoms with van der Waals surface area (Å²) in [5, 5.41) is 0.220. The summed E-state index contributed by atoms with van der Waals surface area (Å²) in [4.78, 5) is 14.1. The molecule has 23 heavy (non-hydrogen) atoms. The van der Waals surface area contributed by atoms with E-state index in [1.54, 1.807) is 4.90 Å². The van der Waals surface area contributed by atoms with Gasteiger partial charge in [0.25, 0.3) is 0 Å². The number of rotatable bonds is 4. The summed E-state index contributed by atoms with van der Waals surface area (Å²) in [6, 6.07) is 0.231. The SMILES string of the molecule is CN(C(=O)OC(C)(C)C)[C@H]1CCC[C@@H]1CO[Si](C)(C)C(C)(C)C. The fraction of sp³-hybridized carbons (Fsp3) is 0.944. The first-order valence-corrected chi connectivity index (χ1v) is 11.8. The van der Waals surface area contributed by atoms with E-state index in [0.717, 1.165) is 25.9 Å². The van der Waals surface area contributed by atoms with E-state index in [1.807, 2.05) is 27.8 Å². The van der Waals surface area contributed by atoms with Crippen molar-refractivity contribution in [1.29, 1.82) is 0 Å². The maximum absolute atomic E-state index is 12.3. The number of hydrogen-bond acceptors (Lipinski definition) is 3. The number of ether oxygens (including phenoxy) is 1. The maximum Gasteiger partial charge on any atom is 0.410 e. The van der Waals surface area contributed by atoms with Gasteiger partial charge in [0.15, 0.2) is 8.32 Å². The van der Waals surface area contributed by atoms with Gasteiger partial charge in [-0.05, 0) is 51.7 Å². The number of nitrogens with zero attached hydrogens (tertiary/aromatic N) is 1. The average Bonchev–Trinajstić information content (AvgIpc) is 2.80. The van der Waals surface area contributed by atoms with Crippen LogP contribution in [0.15, 0.2) is 0 Å². The Kier molecular flexibility index (Phi) is 6.36. The highest BCUT2D eigenvalue weighted by molar-refractivity contribution is 6.74. The molecule has 136 valence electrons. The Morgan fingerprint density at radius 3 is 2.17 bits per heavy atom. The largest absolute Gasteiger partial charge is 0.444 e. The Bertz CT molecular complexity index is 409. The molecule has 2 atom stereocenters. The van der Waals surface area contributed by atoms with Crippen molar-refractivity contribution in [2.75, 3.05) is 13.7 Å². The van der Waals surface area contributed by atoms with E-state index in [1.165, 1.54) is 0 Å². The zero-order chi connectivity index (χ0) is 18.1. The molecule has 0 aromatic carbocycles. The molecule has 0 N–H and O–H groups in total. The molecule has 0 aromatic heterocycles. The van der Waals surface area contributed by atoms with Crippen molar-refractivity contribution < 1.29 is 14.0 Å². The summed E-state index contributed by atoms with van der Waals surface area (Å²) in [5.41, 5.74) is -0.447. The second-order valence-electron chi connectivity index (χ2n) is 9.42. The van der Waals surface area contributed by atoms with E-state index in [4.69, 9.17) is 9.16 Å². The van der Waals surface area contributed by atoms with Crippen molar-refractivity contribution >= 4 is 14.4 Å². The van der Waals surface area contributed by atoms with E-state index in [-0.39, 0.29) is 17.2 Å². The van der Waals surface area contributed by atoms with Crippen molar-refractivity contribution in [3.63, 3.8) is 0 Å². The van der Waals surface area contributed by atoms with Crippen LogP contribution in [0.3, 0.4) is 0 Å². The molecule has 0 bridgehead atoms. The van der Waals surface area contributed by atoms with Gasteiger partial charge in [-0.1, -0.05) is 27.2 Å². The molecule has 1 aliphatic carbocycles. The third-order valence-electron chi connectivity index (χ3n) is 5.26. The van der Waals surface area contributed by atoms with Crippen molar-refractivity contribution in [3.8, 4) is 0 Å². The number of hydrogen-bond donors (Lipinski definition) is 0. The van der Waals surface area contributed by atoms with E-state index < -0.39 is 13.9 Å². The minimum atomic E-state index is -1.74. The number of carbonyl (C=O) groups excluding carboxylic acids is 1. The summed E-state index contributed by atoms with van der Waals surface area (Å²) >= 11 is 0. The lowest BCUT2D eigenvalue weighted by atomic mass is 10.0. The van der Waals surface area contributed by atoms with Crippen LogP contribution in [0.2, 0.25) is 18.1 Å². The fourth-order valence-electron chi connectivity index (χ4n) is 2.72. The minimum Gasteiger partial charge on any atom is -0.444 e. The van der Waals surface area contributed by atoms with Gasteiger partial charge in [0, 0.05) is 25.6 Å². The summed E-state index contributed by atoms with van der Waals surface area (Å²) in [7, 11) is 0.128. The van der Waals surface area contributed by atoms with E-state index in [9.17, 15) is 4.79 Å². The highest BCUT2D eigenvalue weighted by Gasteiger charge is 2.40. The van der Waals surface area contributed by atoms with Crippen LogP contribution in [0, 0.1) is 5.92 Å². The van der Waals surface area contributed by atoms with Gasteiger partial charge in [-0.2, -0.15) is 0 Å². The van der Waals surface area contributed by atoms with Crippen LogP contribution in [0.1, 0.15) is 60.8 Å². The van der Waals surface area contributed by atoms with Gasteiger partial charge in [0.1, 0.15) is 5.60 Å². The monoisotopic (exact) mass is 343 g/mol. The normalized spacial score (nSPS) is 23.0. The van der Waals surface area contributed by atoms with Gasteiger partial charge in [0.05, 0.1) is 0 Å². The molecule has 1 aliphatic rings. The molecule has 0 radical (unpaired) electrons. The van der Waals surface area contributed by atoms with Gasteiger partial charge < -0.3 is 14.1 Å². The van der Waals surface area contributed by atoms with Crippen LogP contribution in [-0.2, 0) is 9.16 Å². The van der Waals surface area contributed by atoms with Gasteiger partial charge >= 0.3 is 6.09 Å². The standard InChI is InChI=1S/C18H37NO3Si/c1-17(2,3)22-16(20)19(7)15-12-10-11-14(15)13-21-23(8,9)18(4,5)6/h14-15H,10-13H2,1-9H3/t14-,15+/m1/s1. The molecule has 5 heteroatoms. The maximum atomic E-state index is 12.3. The lowest BCUT2D eigenvalue weighted by Crippen LogP contribution is -2.46. The van der Waals surface area contributed by atoms with E-state index in [0.29, 0.717) is 5.92 Å². The molecule has 1 saturated carbocycles. The topological polar surface area (TPSA) is 38.8 Å². The Balaban J connectivity index is 2.65. The summed E-state index contributed by atoms with van der Waals surface area (Å²) in [5.74, 6) is 0.418. The molecule has 1 rings (SSSR count). The highest BCUT2D eigenvalue weighted by Crippen LogP contribution is 2.38. The predicted molar refractivity (Wildman–Crippen MR) is 98.3 cm³/mol. The summed E-state index contributed by atoms with van der Waals surface area (Å²) in [6.07, 6.45) is 3.11. The molecule has 1 amide bonds. The molecule has 4 nitrogen and oxygen atoms in total. The minimum absolute atomic E-state index is 0.220. The van der Waals surface area contributed by atoms with Crippen molar-refractivity contribution in [2.24, 2.45) is 5.92 Å². The molecule has 0 aliphatic heterocycles. The van der Waals surface area contributed by atoms with Gasteiger partial charge in [-0.15, -0.1) is 0 Å². The van der Waals surface area contributed by atoms with Crippen LogP contribution in [-0.4, -0.2) is 44.6 Å². The first kappa shape index (κ1) is 20.5. The van der Waals surface area contributed by atoms with Gasteiger partial charge in [-0.3, -0.25) is 0 Å². The number of carbonyl (C=O) groups is 1. The van der Waals surface area contributed by atoms with Crippen LogP contribution >= 0.6 is 0 Å². The van der Waals surface area contributed by atoms with Crippen LogP contribution in [0.5, 0.6) is 0 Å². The van der Waals surface area contributed by atoms with E-state index >= 15 is 0 Å². The van der Waals surface area contributed by atoms with Crippen molar-refractivity contribution in [2.45, 2.75) is 90.6 Å². The van der Waals surface area contributed by atoms with Crippen molar-refractivity contribution in [1.82, 2.24) is 4.90 Å². The second kappa shape index (κ2) is 7.14. The first-order chi connectivity index (χ1) is 10.2. The third kappa shape index (κ3) is 5.78. The summed E-state index contributed by atoms with van der Waals surface area (Å²) < 4.78 is 11.9. The Morgan fingerprint density at radius 1 is 1.13 bits per heavy atom. The third-order valence-corrected chi connectivity index (χ3v) is 9.76. The second-order valence-corrected chi connectivity index (χ2v) is 14.2. The number of amides is 1. The Morgan fingerprint density at radius 2 is 1.70 bits per heavy atom. The molecular weight excluding hydrogens is 306 g/mol. The average molecular weight is 344 g/mol. The van der Waals surface area contributed by atoms with Crippen LogP contribution < -0.4 is 0 Å². The first-order valence-electron chi connectivity index (χ1n) is 8.84. The van der Waals surface area contributed by atoms with Gasteiger partial charge in [-0.25, -0.2) is 4.79 Å². The molecular formula is C18H37NO3Si. The van der Waals surface area contributed by atoms with Crippen LogP contribution in [0.4, 0.5) is 4.79 Å². The molecule has 0 saturated heterocycles. The molecule has 0 heterocycles. The predicted octanol–water partition coefficient (Wildman–Crippen LogP) is 5.04. The van der Waals surface area contributed by atoms with Crippen molar-refractivity contribution in [3.05, 3.63) is 0 Å². The smallest absolute Gasteiger partial charge is 0.410 e. The highest BCUT2D eigenvalue weighted by atomic mass is 28.4. The fourth-order valence-corrected chi connectivity index (χ4v) is 3.79. The molecule has 0 spiro atoms. The molecule has 0 unspecified atom stereocenters. The zero-order valence-corrected chi connectivity index (χ0v) is 17.7. The molecule has 1 fully saturated rings. The Labute approximate surface area is 144 Å². The van der Waals surface area contributed by atoms with Crippen LogP contribution in [0.25, 0.3) is 0 Å². The van der Waals surface area contributed by atoms with Gasteiger partial charge in [0.2, 0.25) is 0 Å². The lowest BCUT2D eigenvalue weighted by molar-refractivity contribution is 0.0162. The van der Waals surface area contributed by atoms with E-state index in [2.05, 4.69) is 33.9 Å². The quantitative estimate of drug-likeness (QED) is 0.671. The molecule has 0 aromatic rings.